The number of hydrogen-bond donors (Lipinski definition) is 1. The third kappa shape index (κ3) is 0.733. The monoisotopic (exact) mass is 189 g/mol. The molecule has 0 saturated heterocycles. The average Bonchev–Trinajstić information content (AvgIpc) is 2.00. The quantitative estimate of drug-likeness (QED) is 0.768. The van der Waals surface area contributed by atoms with E-state index in [1.807, 2.05) is 12.3 Å². The molecule has 14 heavy (non-hydrogen) atoms. The Morgan fingerprint density at radius 2 is 2.14 bits per heavy atom. The predicted octanol–water partition coefficient (Wildman–Crippen LogP) is 1.59. The van der Waals surface area contributed by atoms with E-state index >= 15 is 0 Å². The van der Waals surface area contributed by atoms with E-state index in [2.05, 4.69) is 11.1 Å². The molecule has 3 heteroatoms. The van der Waals surface area contributed by atoms with Crippen molar-refractivity contribution < 1.29 is 9.90 Å². The first-order chi connectivity index (χ1) is 6.67. The first kappa shape index (κ1) is 7.97. The first-order valence-electron chi connectivity index (χ1n) is 4.81. The number of aliphatic carboxylic acids is 1. The van der Waals surface area contributed by atoms with E-state index < -0.39 is 5.97 Å². The lowest BCUT2D eigenvalue weighted by Crippen LogP contribution is -2.67. The van der Waals surface area contributed by atoms with Crippen molar-refractivity contribution in [2.45, 2.75) is 24.7 Å². The maximum absolute atomic E-state index is 10.9. The van der Waals surface area contributed by atoms with Gasteiger partial charge in [-0.25, -0.2) is 0 Å². The predicted molar refractivity (Wildman–Crippen MR) is 49.8 cm³/mol. The molecule has 0 atom stereocenters. The van der Waals surface area contributed by atoms with Crippen LogP contribution in [0.15, 0.2) is 24.5 Å². The average molecular weight is 189 g/mol. The first-order valence-corrected chi connectivity index (χ1v) is 4.81. The van der Waals surface area contributed by atoms with E-state index in [9.17, 15) is 4.79 Å². The molecule has 4 rings (SSSR count). The van der Waals surface area contributed by atoms with Crippen molar-refractivity contribution in [1.29, 1.82) is 0 Å². The Balaban J connectivity index is 1.85. The number of carboxylic acid groups (broad SMARTS) is 1. The van der Waals surface area contributed by atoms with E-state index in [0.717, 1.165) is 19.3 Å². The van der Waals surface area contributed by atoms with E-state index in [4.69, 9.17) is 5.11 Å². The van der Waals surface area contributed by atoms with Crippen LogP contribution in [0.2, 0.25) is 0 Å². The Kier molecular flexibility index (Phi) is 1.23. The molecule has 0 unspecified atom stereocenters. The molecule has 0 aromatic carbocycles. The van der Waals surface area contributed by atoms with Crippen molar-refractivity contribution >= 4 is 5.97 Å². The molecule has 1 aromatic heterocycles. The second-order valence-electron chi connectivity index (χ2n) is 4.64. The Labute approximate surface area is 81.8 Å². The maximum Gasteiger partial charge on any atom is 0.309 e. The maximum atomic E-state index is 10.9. The van der Waals surface area contributed by atoms with Crippen LogP contribution in [0.3, 0.4) is 0 Å². The summed E-state index contributed by atoms with van der Waals surface area (Å²) in [5.41, 5.74) is 0.991. The molecule has 1 N–H and O–H groups in total. The van der Waals surface area contributed by atoms with Gasteiger partial charge >= 0.3 is 5.97 Å². The van der Waals surface area contributed by atoms with Gasteiger partial charge in [-0.3, -0.25) is 9.78 Å². The number of nitrogens with zero attached hydrogens (tertiary/aromatic N) is 1. The van der Waals surface area contributed by atoms with E-state index in [0.29, 0.717) is 0 Å². The topological polar surface area (TPSA) is 50.2 Å². The summed E-state index contributed by atoms with van der Waals surface area (Å²) in [5.74, 6) is -0.622. The summed E-state index contributed by atoms with van der Waals surface area (Å²) in [6.07, 6.45) is 6.04. The zero-order valence-electron chi connectivity index (χ0n) is 7.73. The summed E-state index contributed by atoms with van der Waals surface area (Å²) in [5, 5.41) is 8.98. The lowest BCUT2D eigenvalue weighted by molar-refractivity contribution is -0.194. The molecule has 0 spiro atoms. The number of carboxylic acids is 1. The van der Waals surface area contributed by atoms with Crippen LogP contribution in [0, 0.1) is 5.41 Å². The number of aromatic nitrogens is 1. The molecular formula is C11H11NO2. The van der Waals surface area contributed by atoms with E-state index in [1.165, 1.54) is 5.56 Å². The fourth-order valence-electron chi connectivity index (χ4n) is 3.00. The minimum Gasteiger partial charge on any atom is -0.481 e. The van der Waals surface area contributed by atoms with Crippen LogP contribution < -0.4 is 0 Å². The summed E-state index contributed by atoms with van der Waals surface area (Å²) in [7, 11) is 0. The van der Waals surface area contributed by atoms with Gasteiger partial charge in [0.05, 0.1) is 5.41 Å². The van der Waals surface area contributed by atoms with Crippen LogP contribution in [0.1, 0.15) is 24.8 Å². The van der Waals surface area contributed by atoms with Crippen LogP contribution in [0.25, 0.3) is 0 Å². The lowest BCUT2D eigenvalue weighted by atomic mass is 9.33. The summed E-state index contributed by atoms with van der Waals surface area (Å²) in [6.45, 7) is 0. The van der Waals surface area contributed by atoms with Gasteiger partial charge in [-0.1, -0.05) is 6.07 Å². The Morgan fingerprint density at radius 1 is 1.43 bits per heavy atom. The second kappa shape index (κ2) is 2.16. The second-order valence-corrected chi connectivity index (χ2v) is 4.64. The molecule has 3 aliphatic rings. The Hall–Kier alpha value is -1.38. The van der Waals surface area contributed by atoms with Crippen LogP contribution in [-0.2, 0) is 10.2 Å². The fourth-order valence-corrected chi connectivity index (χ4v) is 3.00. The minimum absolute atomic E-state index is 0.159. The highest BCUT2D eigenvalue weighted by atomic mass is 16.4. The van der Waals surface area contributed by atoms with Crippen LogP contribution in [-0.4, -0.2) is 16.1 Å². The normalized spacial score (nSPS) is 38.3. The zero-order valence-corrected chi connectivity index (χ0v) is 7.73. The molecule has 1 aromatic rings. The highest BCUT2D eigenvalue weighted by molar-refractivity contribution is 5.80. The molecule has 72 valence electrons. The largest absolute Gasteiger partial charge is 0.481 e. The third-order valence-electron chi connectivity index (χ3n) is 3.76. The highest BCUT2D eigenvalue weighted by Gasteiger charge is 2.72. The van der Waals surface area contributed by atoms with Gasteiger partial charge < -0.3 is 5.11 Å². The van der Waals surface area contributed by atoms with Crippen molar-refractivity contribution in [2.24, 2.45) is 5.41 Å². The minimum atomic E-state index is -0.622. The van der Waals surface area contributed by atoms with Crippen molar-refractivity contribution in [3.8, 4) is 0 Å². The summed E-state index contributed by atoms with van der Waals surface area (Å²) < 4.78 is 0. The smallest absolute Gasteiger partial charge is 0.309 e. The number of carbonyl (C=O) groups is 1. The van der Waals surface area contributed by atoms with Gasteiger partial charge in [-0.2, -0.15) is 0 Å². The van der Waals surface area contributed by atoms with Crippen molar-refractivity contribution in [3.63, 3.8) is 0 Å². The molecule has 1 heterocycles. The zero-order chi connectivity index (χ0) is 9.81. The van der Waals surface area contributed by atoms with Gasteiger partial charge in [-0.05, 0) is 30.9 Å². The van der Waals surface area contributed by atoms with Gasteiger partial charge in [0, 0.05) is 17.8 Å². The third-order valence-corrected chi connectivity index (χ3v) is 3.76. The lowest BCUT2D eigenvalue weighted by Gasteiger charge is -2.68. The number of pyridine rings is 1. The van der Waals surface area contributed by atoms with Crippen LogP contribution in [0.5, 0.6) is 0 Å². The molecule has 3 saturated carbocycles. The summed E-state index contributed by atoms with van der Waals surface area (Å²) in [6, 6.07) is 3.97. The van der Waals surface area contributed by atoms with Gasteiger partial charge in [0.1, 0.15) is 0 Å². The molecule has 0 aliphatic heterocycles. The summed E-state index contributed by atoms with van der Waals surface area (Å²) >= 11 is 0. The number of rotatable bonds is 2. The van der Waals surface area contributed by atoms with Crippen molar-refractivity contribution in [1.82, 2.24) is 4.98 Å². The molecule has 0 radical (unpaired) electrons. The molecule has 3 nitrogen and oxygen atoms in total. The molecule has 0 amide bonds. The van der Waals surface area contributed by atoms with E-state index in [1.54, 1.807) is 6.20 Å². The molecular weight excluding hydrogens is 178 g/mol. The summed E-state index contributed by atoms with van der Waals surface area (Å²) in [4.78, 5) is 15.0. The Bertz CT molecular complexity index is 379. The van der Waals surface area contributed by atoms with Crippen molar-refractivity contribution in [3.05, 3.63) is 30.1 Å². The van der Waals surface area contributed by atoms with Gasteiger partial charge in [0.2, 0.25) is 0 Å². The van der Waals surface area contributed by atoms with Crippen molar-refractivity contribution in [2.75, 3.05) is 0 Å². The molecule has 2 bridgehead atoms. The Morgan fingerprint density at radius 3 is 2.64 bits per heavy atom. The number of hydrogen-bond acceptors (Lipinski definition) is 2. The van der Waals surface area contributed by atoms with Gasteiger partial charge in [0.25, 0.3) is 0 Å². The van der Waals surface area contributed by atoms with Crippen LogP contribution in [0.4, 0.5) is 0 Å². The van der Waals surface area contributed by atoms with Gasteiger partial charge in [0.15, 0.2) is 0 Å². The SMILES string of the molecule is O=C(O)C12CC(c3cccnc3)(C1)C2. The highest BCUT2D eigenvalue weighted by Crippen LogP contribution is 2.73. The fraction of sp³-hybridized carbons (Fsp3) is 0.455. The van der Waals surface area contributed by atoms with Crippen LogP contribution >= 0.6 is 0 Å². The standard InChI is InChI=1S/C11H11NO2/c13-9(14)11-5-10(6-11,7-11)8-2-1-3-12-4-8/h1-4H,5-7H2,(H,13,14). The molecule has 3 fully saturated rings. The van der Waals surface area contributed by atoms with Gasteiger partial charge in [-0.15, -0.1) is 0 Å². The van der Waals surface area contributed by atoms with E-state index in [-0.39, 0.29) is 10.8 Å². The molecule has 3 aliphatic carbocycles.